The monoisotopic (exact) mass is 176 g/mol. The highest BCUT2D eigenvalue weighted by Gasteiger charge is 2.01. The Morgan fingerprint density at radius 2 is 2.08 bits per heavy atom. The molecule has 0 unspecified atom stereocenters. The molecule has 1 aromatic rings. The lowest BCUT2D eigenvalue weighted by Gasteiger charge is -1.99. The van der Waals surface area contributed by atoms with Crippen LogP contribution in [0.4, 0.5) is 0 Å². The molecule has 0 aliphatic heterocycles. The Balaban J connectivity index is 2.69. The van der Waals surface area contributed by atoms with Gasteiger partial charge in [0.05, 0.1) is 13.5 Å². The predicted molar refractivity (Wildman–Crippen MR) is 52.3 cm³/mol. The quantitative estimate of drug-likeness (QED) is 0.659. The lowest BCUT2D eigenvalue weighted by Crippen LogP contribution is -2.03. The summed E-state index contributed by atoms with van der Waals surface area (Å²) >= 11 is 0. The number of carbonyl (C=O) groups excluding carboxylic acids is 1. The van der Waals surface area contributed by atoms with Crippen LogP contribution in [0.15, 0.2) is 30.8 Å². The molecule has 13 heavy (non-hydrogen) atoms. The lowest BCUT2D eigenvalue weighted by atomic mass is 10.1. The smallest absolute Gasteiger partial charge is 0.309 e. The van der Waals surface area contributed by atoms with Gasteiger partial charge in [-0.25, -0.2) is 0 Å². The standard InChI is InChI=1S/C11H12O2/c1-3-9-4-6-10(7-5-9)8-11(12)13-2/h3-7H,1,8H2,2H3. The molecule has 68 valence electrons. The fourth-order valence-electron chi connectivity index (χ4n) is 1.01. The molecule has 0 aliphatic carbocycles. The minimum Gasteiger partial charge on any atom is -0.469 e. The van der Waals surface area contributed by atoms with Crippen molar-refractivity contribution in [3.63, 3.8) is 0 Å². The topological polar surface area (TPSA) is 26.3 Å². The molecule has 0 aromatic heterocycles. The number of benzene rings is 1. The van der Waals surface area contributed by atoms with Gasteiger partial charge in [0, 0.05) is 0 Å². The molecule has 0 atom stereocenters. The van der Waals surface area contributed by atoms with Gasteiger partial charge in [0.2, 0.25) is 0 Å². The van der Waals surface area contributed by atoms with Crippen LogP contribution in [-0.4, -0.2) is 13.1 Å². The number of rotatable bonds is 3. The fraction of sp³-hybridized carbons (Fsp3) is 0.182. The van der Waals surface area contributed by atoms with E-state index in [0.717, 1.165) is 11.1 Å². The van der Waals surface area contributed by atoms with Crippen molar-refractivity contribution in [1.82, 2.24) is 0 Å². The molecule has 0 heterocycles. The van der Waals surface area contributed by atoms with E-state index in [4.69, 9.17) is 0 Å². The molecule has 0 bridgehead atoms. The molecule has 0 fully saturated rings. The van der Waals surface area contributed by atoms with Gasteiger partial charge in [0.15, 0.2) is 0 Å². The van der Waals surface area contributed by atoms with Crippen LogP contribution in [0.2, 0.25) is 0 Å². The van der Waals surface area contributed by atoms with Crippen LogP contribution in [0.5, 0.6) is 0 Å². The number of methoxy groups -OCH3 is 1. The van der Waals surface area contributed by atoms with Gasteiger partial charge in [-0.1, -0.05) is 36.9 Å². The Morgan fingerprint density at radius 1 is 1.46 bits per heavy atom. The minimum absolute atomic E-state index is 0.216. The first-order valence-electron chi connectivity index (χ1n) is 4.04. The van der Waals surface area contributed by atoms with Gasteiger partial charge in [-0.3, -0.25) is 4.79 Å². The Kier molecular flexibility index (Phi) is 3.26. The maximum Gasteiger partial charge on any atom is 0.309 e. The third-order valence-corrected chi connectivity index (χ3v) is 1.79. The van der Waals surface area contributed by atoms with Gasteiger partial charge in [-0.05, 0) is 11.1 Å². The molecular weight excluding hydrogens is 164 g/mol. The number of carbonyl (C=O) groups is 1. The first-order chi connectivity index (χ1) is 6.26. The first kappa shape index (κ1) is 9.52. The van der Waals surface area contributed by atoms with Crippen LogP contribution in [0.3, 0.4) is 0 Å². The highest BCUT2D eigenvalue weighted by Crippen LogP contribution is 2.06. The number of ether oxygens (including phenoxy) is 1. The van der Waals surface area contributed by atoms with Gasteiger partial charge in [-0.2, -0.15) is 0 Å². The van der Waals surface area contributed by atoms with E-state index in [0.29, 0.717) is 6.42 Å². The minimum atomic E-state index is -0.216. The van der Waals surface area contributed by atoms with E-state index in [1.54, 1.807) is 6.08 Å². The SMILES string of the molecule is C=Cc1ccc(CC(=O)OC)cc1. The van der Waals surface area contributed by atoms with E-state index in [-0.39, 0.29) is 5.97 Å². The maximum atomic E-state index is 10.9. The molecule has 0 spiro atoms. The van der Waals surface area contributed by atoms with E-state index in [2.05, 4.69) is 11.3 Å². The Morgan fingerprint density at radius 3 is 2.54 bits per heavy atom. The summed E-state index contributed by atoms with van der Waals surface area (Å²) in [5, 5.41) is 0. The van der Waals surface area contributed by atoms with Gasteiger partial charge in [0.25, 0.3) is 0 Å². The van der Waals surface area contributed by atoms with Crippen molar-refractivity contribution in [2.45, 2.75) is 6.42 Å². The summed E-state index contributed by atoms with van der Waals surface area (Å²) in [5.41, 5.74) is 2.01. The summed E-state index contributed by atoms with van der Waals surface area (Å²) in [7, 11) is 1.39. The molecule has 1 aromatic carbocycles. The molecule has 2 heteroatoms. The average molecular weight is 176 g/mol. The zero-order chi connectivity index (χ0) is 9.68. The van der Waals surface area contributed by atoms with E-state index < -0.39 is 0 Å². The third-order valence-electron chi connectivity index (χ3n) is 1.79. The van der Waals surface area contributed by atoms with E-state index in [1.807, 2.05) is 24.3 Å². The van der Waals surface area contributed by atoms with Gasteiger partial charge < -0.3 is 4.74 Å². The second-order valence-corrected chi connectivity index (χ2v) is 2.70. The van der Waals surface area contributed by atoms with E-state index >= 15 is 0 Å². The van der Waals surface area contributed by atoms with E-state index in [9.17, 15) is 4.79 Å². The van der Waals surface area contributed by atoms with E-state index in [1.165, 1.54) is 7.11 Å². The lowest BCUT2D eigenvalue weighted by molar-refractivity contribution is -0.139. The summed E-state index contributed by atoms with van der Waals surface area (Å²) in [6, 6.07) is 7.64. The summed E-state index contributed by atoms with van der Waals surface area (Å²) in [6.07, 6.45) is 2.09. The van der Waals surface area contributed by atoms with Crippen LogP contribution in [0.1, 0.15) is 11.1 Å². The molecule has 2 nitrogen and oxygen atoms in total. The number of hydrogen-bond acceptors (Lipinski definition) is 2. The van der Waals surface area contributed by atoms with Crippen molar-refractivity contribution in [3.8, 4) is 0 Å². The fourth-order valence-corrected chi connectivity index (χ4v) is 1.01. The molecule has 0 saturated carbocycles. The molecule has 0 saturated heterocycles. The van der Waals surface area contributed by atoms with Crippen molar-refractivity contribution < 1.29 is 9.53 Å². The van der Waals surface area contributed by atoms with Gasteiger partial charge in [-0.15, -0.1) is 0 Å². The zero-order valence-electron chi connectivity index (χ0n) is 7.62. The van der Waals surface area contributed by atoms with Crippen molar-refractivity contribution in [2.75, 3.05) is 7.11 Å². The average Bonchev–Trinajstić information content (AvgIpc) is 2.19. The van der Waals surface area contributed by atoms with Crippen molar-refractivity contribution in [1.29, 1.82) is 0 Å². The largest absolute Gasteiger partial charge is 0.469 e. The molecule has 0 aliphatic rings. The van der Waals surface area contributed by atoms with Gasteiger partial charge >= 0.3 is 5.97 Å². The Bertz CT molecular complexity index is 298. The maximum absolute atomic E-state index is 10.9. The first-order valence-corrected chi connectivity index (χ1v) is 4.04. The van der Waals surface area contributed by atoms with Crippen LogP contribution >= 0.6 is 0 Å². The molecular formula is C11H12O2. The van der Waals surface area contributed by atoms with Gasteiger partial charge in [0.1, 0.15) is 0 Å². The second-order valence-electron chi connectivity index (χ2n) is 2.70. The second kappa shape index (κ2) is 4.45. The normalized spacial score (nSPS) is 9.31. The summed E-state index contributed by atoms with van der Waals surface area (Å²) in [5.74, 6) is -0.216. The molecule has 1 rings (SSSR count). The molecule has 0 amide bonds. The summed E-state index contributed by atoms with van der Waals surface area (Å²) in [4.78, 5) is 10.9. The number of esters is 1. The Hall–Kier alpha value is -1.57. The van der Waals surface area contributed by atoms with Crippen LogP contribution < -0.4 is 0 Å². The van der Waals surface area contributed by atoms with Crippen LogP contribution in [0, 0.1) is 0 Å². The van der Waals surface area contributed by atoms with Crippen molar-refractivity contribution in [2.24, 2.45) is 0 Å². The molecule has 0 radical (unpaired) electrons. The predicted octanol–water partition coefficient (Wildman–Crippen LogP) is 2.05. The van der Waals surface area contributed by atoms with Crippen LogP contribution in [-0.2, 0) is 16.0 Å². The van der Waals surface area contributed by atoms with Crippen LogP contribution in [0.25, 0.3) is 6.08 Å². The molecule has 0 N–H and O–H groups in total. The highest BCUT2D eigenvalue weighted by atomic mass is 16.5. The highest BCUT2D eigenvalue weighted by molar-refractivity contribution is 5.72. The summed E-state index contributed by atoms with van der Waals surface area (Å²) in [6.45, 7) is 3.65. The number of hydrogen-bond donors (Lipinski definition) is 0. The third kappa shape index (κ3) is 2.75. The summed E-state index contributed by atoms with van der Waals surface area (Å²) < 4.78 is 4.55. The van der Waals surface area contributed by atoms with Crippen molar-refractivity contribution in [3.05, 3.63) is 42.0 Å². The van der Waals surface area contributed by atoms with Crippen molar-refractivity contribution >= 4 is 12.0 Å². The Labute approximate surface area is 77.8 Å². The zero-order valence-corrected chi connectivity index (χ0v) is 7.62.